The van der Waals surface area contributed by atoms with E-state index in [1.54, 1.807) is 6.07 Å². The molecule has 2 N–H and O–H groups in total. The number of hydrogen-bond donors (Lipinski definition) is 2. The number of para-hydroxylation sites is 3. The molecule has 2 heterocycles. The van der Waals surface area contributed by atoms with Gasteiger partial charge in [0.1, 0.15) is 5.58 Å². The molecule has 0 aliphatic heterocycles. The Morgan fingerprint density at radius 1 is 0.655 bits per heavy atom. The van der Waals surface area contributed by atoms with E-state index in [9.17, 15) is 10.0 Å². The molecular weight excluding hydrogens is 361 g/mol. The zero-order valence-corrected chi connectivity index (χ0v) is 15.4. The number of hydrogen-bond acceptors (Lipinski definition) is 3. The van der Waals surface area contributed by atoms with E-state index in [0.717, 1.165) is 33.1 Å². The van der Waals surface area contributed by atoms with Crippen LogP contribution in [0.2, 0.25) is 0 Å². The van der Waals surface area contributed by atoms with E-state index in [1.807, 2.05) is 54.6 Å². The van der Waals surface area contributed by atoms with Gasteiger partial charge in [0.15, 0.2) is 5.58 Å². The zero-order chi connectivity index (χ0) is 19.5. The highest BCUT2D eigenvalue weighted by Crippen LogP contribution is 2.37. The summed E-state index contributed by atoms with van der Waals surface area (Å²) in [5, 5.41) is 23.9. The standard InChI is InChI=1S/C24H16BNO3/c27-25(28)18-13-14-21(24-23(18)17-9-3-6-12-22(17)29-24)26-19-10-4-1-7-15(19)16-8-2-5-11-20(16)26/h1-14,27-28H. The third-order valence-corrected chi connectivity index (χ3v) is 5.64. The molecule has 4 aromatic carbocycles. The molecule has 0 aliphatic rings. The molecule has 6 aromatic rings. The van der Waals surface area contributed by atoms with E-state index < -0.39 is 7.12 Å². The fourth-order valence-electron chi connectivity index (χ4n) is 4.41. The molecule has 138 valence electrons. The van der Waals surface area contributed by atoms with E-state index in [2.05, 4.69) is 28.8 Å². The summed E-state index contributed by atoms with van der Waals surface area (Å²) in [5.74, 6) is 0. The van der Waals surface area contributed by atoms with Crippen LogP contribution in [0.15, 0.2) is 89.3 Å². The summed E-state index contributed by atoms with van der Waals surface area (Å²) in [5.41, 5.74) is 4.83. The monoisotopic (exact) mass is 377 g/mol. The maximum Gasteiger partial charge on any atom is 0.489 e. The summed E-state index contributed by atoms with van der Waals surface area (Å²) in [6.45, 7) is 0. The van der Waals surface area contributed by atoms with Crippen LogP contribution in [-0.4, -0.2) is 21.7 Å². The number of rotatable bonds is 2. The molecule has 4 nitrogen and oxygen atoms in total. The summed E-state index contributed by atoms with van der Waals surface area (Å²) in [6.07, 6.45) is 0. The lowest BCUT2D eigenvalue weighted by molar-refractivity contribution is 0.426. The number of fused-ring (bicyclic) bond motifs is 6. The Balaban J connectivity index is 1.83. The van der Waals surface area contributed by atoms with Gasteiger partial charge in [-0.05, 0) is 29.7 Å². The van der Waals surface area contributed by atoms with Crippen molar-refractivity contribution in [3.63, 3.8) is 0 Å². The van der Waals surface area contributed by atoms with Crippen LogP contribution >= 0.6 is 0 Å². The van der Waals surface area contributed by atoms with Crippen molar-refractivity contribution < 1.29 is 14.5 Å². The second-order valence-corrected chi connectivity index (χ2v) is 7.22. The van der Waals surface area contributed by atoms with E-state index in [4.69, 9.17) is 4.42 Å². The number of furan rings is 1. The van der Waals surface area contributed by atoms with E-state index in [0.29, 0.717) is 11.0 Å². The van der Waals surface area contributed by atoms with Gasteiger partial charge in [0, 0.05) is 21.5 Å². The molecule has 5 heteroatoms. The molecule has 0 amide bonds. The molecule has 0 bridgehead atoms. The molecule has 0 saturated carbocycles. The molecule has 0 spiro atoms. The first kappa shape index (κ1) is 16.4. The van der Waals surface area contributed by atoms with Crippen molar-refractivity contribution in [3.8, 4) is 5.69 Å². The van der Waals surface area contributed by atoms with E-state index >= 15 is 0 Å². The minimum atomic E-state index is -1.58. The van der Waals surface area contributed by atoms with Crippen LogP contribution in [0.3, 0.4) is 0 Å². The minimum absolute atomic E-state index is 0.439. The first-order valence-corrected chi connectivity index (χ1v) is 9.53. The summed E-state index contributed by atoms with van der Waals surface area (Å²) in [7, 11) is -1.58. The maximum atomic E-state index is 9.97. The molecule has 0 unspecified atom stereocenters. The van der Waals surface area contributed by atoms with Crippen molar-refractivity contribution in [2.45, 2.75) is 0 Å². The van der Waals surface area contributed by atoms with Gasteiger partial charge >= 0.3 is 7.12 Å². The quantitative estimate of drug-likeness (QED) is 0.441. The lowest BCUT2D eigenvalue weighted by Gasteiger charge is -2.11. The van der Waals surface area contributed by atoms with Gasteiger partial charge in [-0.1, -0.05) is 60.7 Å². The Morgan fingerprint density at radius 3 is 1.90 bits per heavy atom. The second kappa shape index (κ2) is 5.98. The topological polar surface area (TPSA) is 58.5 Å². The Bertz CT molecular complexity index is 1490. The van der Waals surface area contributed by atoms with Crippen LogP contribution in [0.1, 0.15) is 0 Å². The Hall–Kier alpha value is -3.54. The predicted octanol–water partition coefficient (Wildman–Crippen LogP) is 4.36. The minimum Gasteiger partial charge on any atom is -0.454 e. The van der Waals surface area contributed by atoms with Crippen molar-refractivity contribution in [2.75, 3.05) is 0 Å². The number of nitrogens with zero attached hydrogens (tertiary/aromatic N) is 1. The second-order valence-electron chi connectivity index (χ2n) is 7.22. The van der Waals surface area contributed by atoms with Gasteiger partial charge in [-0.25, -0.2) is 0 Å². The first-order chi connectivity index (χ1) is 14.2. The SMILES string of the molecule is OB(O)c1ccc(-n2c3ccccc3c3ccccc32)c2oc3ccccc3c12. The van der Waals surface area contributed by atoms with Gasteiger partial charge in [-0.15, -0.1) is 0 Å². The molecular formula is C24H16BNO3. The van der Waals surface area contributed by atoms with Crippen molar-refractivity contribution in [1.29, 1.82) is 0 Å². The molecule has 29 heavy (non-hydrogen) atoms. The fraction of sp³-hybridized carbons (Fsp3) is 0. The van der Waals surface area contributed by atoms with Crippen molar-refractivity contribution in [2.24, 2.45) is 0 Å². The average Bonchev–Trinajstić information content (AvgIpc) is 3.29. The van der Waals surface area contributed by atoms with Gasteiger partial charge < -0.3 is 19.0 Å². The van der Waals surface area contributed by atoms with Crippen molar-refractivity contribution in [3.05, 3.63) is 84.9 Å². The van der Waals surface area contributed by atoms with Crippen LogP contribution in [-0.2, 0) is 0 Å². The van der Waals surface area contributed by atoms with Gasteiger partial charge in [-0.3, -0.25) is 0 Å². The molecule has 6 rings (SSSR count). The van der Waals surface area contributed by atoms with Gasteiger partial charge in [0.05, 0.1) is 16.7 Å². The van der Waals surface area contributed by atoms with E-state index in [-0.39, 0.29) is 0 Å². The summed E-state index contributed by atoms with van der Waals surface area (Å²) < 4.78 is 8.44. The third kappa shape index (κ3) is 2.23. The van der Waals surface area contributed by atoms with Crippen molar-refractivity contribution in [1.82, 2.24) is 4.57 Å². The van der Waals surface area contributed by atoms with Gasteiger partial charge in [-0.2, -0.15) is 0 Å². The Labute approximate surface area is 166 Å². The van der Waals surface area contributed by atoms with Crippen LogP contribution in [0, 0.1) is 0 Å². The molecule has 0 fully saturated rings. The Morgan fingerprint density at radius 2 is 1.24 bits per heavy atom. The van der Waals surface area contributed by atoms with Gasteiger partial charge in [0.25, 0.3) is 0 Å². The number of benzene rings is 4. The highest BCUT2D eigenvalue weighted by Gasteiger charge is 2.23. The zero-order valence-electron chi connectivity index (χ0n) is 15.4. The highest BCUT2D eigenvalue weighted by molar-refractivity contribution is 6.63. The first-order valence-electron chi connectivity index (χ1n) is 9.53. The molecule has 0 radical (unpaired) electrons. The van der Waals surface area contributed by atoms with E-state index in [1.165, 1.54) is 10.8 Å². The molecule has 2 aromatic heterocycles. The Kier molecular flexibility index (Phi) is 3.39. The predicted molar refractivity (Wildman–Crippen MR) is 118 cm³/mol. The number of aromatic nitrogens is 1. The van der Waals surface area contributed by atoms with Crippen LogP contribution in [0.4, 0.5) is 0 Å². The normalized spacial score (nSPS) is 11.8. The maximum absolute atomic E-state index is 9.97. The smallest absolute Gasteiger partial charge is 0.454 e. The van der Waals surface area contributed by atoms with Crippen LogP contribution < -0.4 is 5.46 Å². The lowest BCUT2D eigenvalue weighted by atomic mass is 9.77. The van der Waals surface area contributed by atoms with Gasteiger partial charge in [0.2, 0.25) is 0 Å². The van der Waals surface area contributed by atoms with Crippen LogP contribution in [0.25, 0.3) is 49.4 Å². The molecule has 0 saturated heterocycles. The fourth-order valence-corrected chi connectivity index (χ4v) is 4.41. The largest absolute Gasteiger partial charge is 0.489 e. The highest BCUT2D eigenvalue weighted by atomic mass is 16.4. The van der Waals surface area contributed by atoms with Crippen LogP contribution in [0.5, 0.6) is 0 Å². The average molecular weight is 377 g/mol. The third-order valence-electron chi connectivity index (χ3n) is 5.64. The summed E-state index contributed by atoms with van der Waals surface area (Å²) in [6, 6.07) is 27.9. The lowest BCUT2D eigenvalue weighted by Crippen LogP contribution is -2.30. The molecule has 0 atom stereocenters. The molecule has 0 aliphatic carbocycles. The van der Waals surface area contributed by atoms with Crippen molar-refractivity contribution >= 4 is 56.3 Å². The summed E-state index contributed by atoms with van der Waals surface area (Å²) >= 11 is 0. The summed E-state index contributed by atoms with van der Waals surface area (Å²) in [4.78, 5) is 0.